The Morgan fingerprint density at radius 3 is 1.88 bits per heavy atom. The monoisotopic (exact) mass is 356 g/mol. The first-order chi connectivity index (χ1) is 12.6. The normalized spacial score (nSPS) is 10.2. The number of benzene rings is 2. The summed E-state index contributed by atoms with van der Waals surface area (Å²) in [6, 6.07) is 13.1. The Bertz CT molecular complexity index is 704. The smallest absolute Gasteiger partial charge is 0.343 e. The van der Waals surface area contributed by atoms with Crippen molar-refractivity contribution in [2.75, 3.05) is 13.2 Å². The van der Waals surface area contributed by atoms with Gasteiger partial charge in [0.15, 0.2) is 0 Å². The molecule has 0 aromatic heterocycles. The summed E-state index contributed by atoms with van der Waals surface area (Å²) >= 11 is 0. The van der Waals surface area contributed by atoms with Crippen LogP contribution in [0.3, 0.4) is 0 Å². The van der Waals surface area contributed by atoms with Crippen LogP contribution < -0.4 is 9.47 Å². The summed E-state index contributed by atoms with van der Waals surface area (Å²) < 4.78 is 15.9. The zero-order valence-corrected chi connectivity index (χ0v) is 15.2. The maximum Gasteiger partial charge on any atom is 0.343 e. The van der Waals surface area contributed by atoms with Crippen molar-refractivity contribution < 1.29 is 23.8 Å². The predicted molar refractivity (Wildman–Crippen MR) is 98.8 cm³/mol. The zero-order valence-electron chi connectivity index (χ0n) is 15.2. The summed E-state index contributed by atoms with van der Waals surface area (Å²) in [7, 11) is 0. The van der Waals surface area contributed by atoms with E-state index in [-0.39, 0.29) is 5.97 Å². The third-order valence-corrected chi connectivity index (χ3v) is 3.59. The van der Waals surface area contributed by atoms with Crippen molar-refractivity contribution >= 4 is 11.9 Å². The zero-order chi connectivity index (χ0) is 18.8. The molecule has 5 nitrogen and oxygen atoms in total. The van der Waals surface area contributed by atoms with Crippen LogP contribution in [-0.4, -0.2) is 25.2 Å². The van der Waals surface area contributed by atoms with Gasteiger partial charge < -0.3 is 14.2 Å². The Hall–Kier alpha value is -2.82. The SMILES string of the molecule is CCCCOC(=O)c1ccc(OC(=O)c2ccc(OCCC)cc2)cc1. The highest BCUT2D eigenvalue weighted by atomic mass is 16.5. The summed E-state index contributed by atoms with van der Waals surface area (Å²) in [5, 5.41) is 0. The van der Waals surface area contributed by atoms with Crippen LogP contribution in [0.4, 0.5) is 0 Å². The molecule has 0 N–H and O–H groups in total. The molecular weight excluding hydrogens is 332 g/mol. The fourth-order valence-corrected chi connectivity index (χ4v) is 2.12. The van der Waals surface area contributed by atoms with Crippen molar-refractivity contribution in [2.45, 2.75) is 33.1 Å². The van der Waals surface area contributed by atoms with E-state index >= 15 is 0 Å². The van der Waals surface area contributed by atoms with Crippen molar-refractivity contribution in [1.82, 2.24) is 0 Å². The topological polar surface area (TPSA) is 61.8 Å². The lowest BCUT2D eigenvalue weighted by Gasteiger charge is -2.07. The van der Waals surface area contributed by atoms with Crippen molar-refractivity contribution in [3.05, 3.63) is 59.7 Å². The number of unbranched alkanes of at least 4 members (excludes halogenated alkanes) is 1. The van der Waals surface area contributed by atoms with Gasteiger partial charge in [-0.2, -0.15) is 0 Å². The first-order valence-electron chi connectivity index (χ1n) is 8.86. The minimum absolute atomic E-state index is 0.367. The van der Waals surface area contributed by atoms with Crippen LogP contribution in [0.2, 0.25) is 0 Å². The van der Waals surface area contributed by atoms with Crippen molar-refractivity contribution in [2.24, 2.45) is 0 Å². The standard InChI is InChI=1S/C21H24O5/c1-3-5-15-25-20(22)16-8-12-19(13-9-16)26-21(23)17-6-10-18(11-7-17)24-14-4-2/h6-13H,3-5,14-15H2,1-2H3. The van der Waals surface area contributed by atoms with Gasteiger partial charge in [-0.05, 0) is 61.4 Å². The first kappa shape index (κ1) is 19.5. The summed E-state index contributed by atoms with van der Waals surface area (Å²) in [4.78, 5) is 24.0. The lowest BCUT2D eigenvalue weighted by Crippen LogP contribution is -2.09. The maximum absolute atomic E-state index is 12.2. The van der Waals surface area contributed by atoms with Crippen LogP contribution in [0.15, 0.2) is 48.5 Å². The van der Waals surface area contributed by atoms with E-state index in [0.29, 0.717) is 35.8 Å². The predicted octanol–water partition coefficient (Wildman–Crippen LogP) is 4.65. The van der Waals surface area contributed by atoms with Gasteiger partial charge in [-0.25, -0.2) is 9.59 Å². The summed E-state index contributed by atoms with van der Waals surface area (Å²) in [6.07, 6.45) is 2.73. The lowest BCUT2D eigenvalue weighted by molar-refractivity contribution is 0.0499. The second-order valence-electron chi connectivity index (χ2n) is 5.78. The van der Waals surface area contributed by atoms with E-state index < -0.39 is 5.97 Å². The molecule has 2 aromatic rings. The maximum atomic E-state index is 12.2. The molecule has 0 aliphatic heterocycles. The molecule has 0 radical (unpaired) electrons. The number of carbonyl (C=O) groups is 2. The Morgan fingerprint density at radius 2 is 1.31 bits per heavy atom. The fraction of sp³-hybridized carbons (Fsp3) is 0.333. The van der Waals surface area contributed by atoms with Crippen molar-refractivity contribution in [3.8, 4) is 11.5 Å². The summed E-state index contributed by atoms with van der Waals surface area (Å²) in [5.41, 5.74) is 0.857. The number of carbonyl (C=O) groups excluding carboxylic acids is 2. The highest BCUT2D eigenvalue weighted by Crippen LogP contribution is 2.17. The molecule has 5 heteroatoms. The minimum Gasteiger partial charge on any atom is -0.494 e. The van der Waals surface area contributed by atoms with Gasteiger partial charge in [-0.1, -0.05) is 20.3 Å². The summed E-state index contributed by atoms with van der Waals surface area (Å²) in [5.74, 6) is 0.241. The van der Waals surface area contributed by atoms with E-state index in [1.807, 2.05) is 13.8 Å². The first-order valence-corrected chi connectivity index (χ1v) is 8.86. The molecule has 26 heavy (non-hydrogen) atoms. The number of rotatable bonds is 9. The molecule has 0 saturated carbocycles. The van der Waals surface area contributed by atoms with E-state index in [4.69, 9.17) is 14.2 Å². The van der Waals surface area contributed by atoms with E-state index in [0.717, 1.165) is 19.3 Å². The summed E-state index contributed by atoms with van der Waals surface area (Å²) in [6.45, 7) is 5.10. The van der Waals surface area contributed by atoms with Gasteiger partial charge in [0.1, 0.15) is 11.5 Å². The number of ether oxygens (including phenoxy) is 3. The van der Waals surface area contributed by atoms with Crippen LogP contribution in [0.5, 0.6) is 11.5 Å². The van der Waals surface area contributed by atoms with Gasteiger partial charge in [0, 0.05) is 0 Å². The minimum atomic E-state index is -0.467. The lowest BCUT2D eigenvalue weighted by atomic mass is 10.2. The highest BCUT2D eigenvalue weighted by molar-refractivity contribution is 5.92. The second kappa shape index (κ2) is 10.2. The largest absolute Gasteiger partial charge is 0.494 e. The fourth-order valence-electron chi connectivity index (χ4n) is 2.12. The molecule has 0 aliphatic rings. The van der Waals surface area contributed by atoms with Gasteiger partial charge in [-0.3, -0.25) is 0 Å². The Labute approximate surface area is 153 Å². The van der Waals surface area contributed by atoms with Gasteiger partial charge in [-0.15, -0.1) is 0 Å². The molecule has 0 saturated heterocycles. The van der Waals surface area contributed by atoms with Gasteiger partial charge in [0.05, 0.1) is 24.3 Å². The van der Waals surface area contributed by atoms with Crippen LogP contribution in [0, 0.1) is 0 Å². The third kappa shape index (κ3) is 5.92. The molecule has 2 rings (SSSR count). The van der Waals surface area contributed by atoms with Crippen LogP contribution in [-0.2, 0) is 4.74 Å². The van der Waals surface area contributed by atoms with E-state index in [1.54, 1.807) is 48.5 Å². The van der Waals surface area contributed by atoms with Crippen molar-refractivity contribution in [1.29, 1.82) is 0 Å². The molecule has 0 atom stereocenters. The average molecular weight is 356 g/mol. The van der Waals surface area contributed by atoms with E-state index in [1.165, 1.54) is 0 Å². The third-order valence-electron chi connectivity index (χ3n) is 3.59. The molecule has 2 aromatic carbocycles. The molecule has 0 aliphatic carbocycles. The molecule has 0 heterocycles. The van der Waals surface area contributed by atoms with Gasteiger partial charge >= 0.3 is 11.9 Å². The van der Waals surface area contributed by atoms with E-state index in [2.05, 4.69) is 0 Å². The number of hydrogen-bond donors (Lipinski definition) is 0. The Balaban J connectivity index is 1.91. The van der Waals surface area contributed by atoms with Crippen molar-refractivity contribution in [3.63, 3.8) is 0 Å². The Morgan fingerprint density at radius 1 is 0.731 bits per heavy atom. The average Bonchev–Trinajstić information content (AvgIpc) is 2.67. The second-order valence-corrected chi connectivity index (χ2v) is 5.78. The molecular formula is C21H24O5. The number of esters is 2. The molecule has 0 spiro atoms. The van der Waals surface area contributed by atoms with E-state index in [9.17, 15) is 9.59 Å². The quantitative estimate of drug-likeness (QED) is 0.372. The van der Waals surface area contributed by atoms with Crippen LogP contribution in [0.25, 0.3) is 0 Å². The Kier molecular flexibility index (Phi) is 7.68. The molecule has 0 fully saturated rings. The molecule has 138 valence electrons. The molecule has 0 unspecified atom stereocenters. The highest BCUT2D eigenvalue weighted by Gasteiger charge is 2.11. The molecule has 0 amide bonds. The van der Waals surface area contributed by atoms with Crippen LogP contribution >= 0.6 is 0 Å². The van der Waals surface area contributed by atoms with Gasteiger partial charge in [0.2, 0.25) is 0 Å². The van der Waals surface area contributed by atoms with Crippen LogP contribution in [0.1, 0.15) is 53.8 Å². The number of hydrogen-bond acceptors (Lipinski definition) is 5. The van der Waals surface area contributed by atoms with Gasteiger partial charge in [0.25, 0.3) is 0 Å². The molecule has 0 bridgehead atoms.